The summed E-state index contributed by atoms with van der Waals surface area (Å²) in [6, 6.07) is 0. The molecule has 4 heteroatoms. The van der Waals surface area contributed by atoms with Crippen LogP contribution in [0.25, 0.3) is 0 Å². The number of hydrogen-bond acceptors (Lipinski definition) is 3. The van der Waals surface area contributed by atoms with E-state index >= 15 is 0 Å². The van der Waals surface area contributed by atoms with E-state index < -0.39 is 6.79 Å². The van der Waals surface area contributed by atoms with E-state index in [-0.39, 0.29) is 0 Å². The normalized spacial score (nSPS) is 10.6. The zero-order valence-corrected chi connectivity index (χ0v) is 8.29. The Bertz CT molecular complexity index is 77.7. The van der Waals surface area contributed by atoms with E-state index in [1.54, 1.807) is 0 Å². The maximum absolute atomic E-state index is 9.83. The highest BCUT2D eigenvalue weighted by atomic mass is 16.6. The average Bonchev–Trinajstić information content (AvgIpc) is 2.16. The van der Waals surface area contributed by atoms with Gasteiger partial charge in [-0.05, 0) is 6.42 Å². The van der Waals surface area contributed by atoms with Gasteiger partial charge in [0.25, 0.3) is 0 Å². The van der Waals surface area contributed by atoms with Crippen molar-refractivity contribution in [3.05, 3.63) is 0 Å². The summed E-state index contributed by atoms with van der Waals surface area (Å²) in [6.07, 6.45) is 2.25. The van der Waals surface area contributed by atoms with Crippen molar-refractivity contribution in [2.75, 3.05) is 39.8 Å². The van der Waals surface area contributed by atoms with Gasteiger partial charge in [-0.2, -0.15) is 0 Å². The Hall–Kier alpha value is -0.160. The third-order valence-corrected chi connectivity index (χ3v) is 1.47. The smallest absolute Gasteiger partial charge is 0.180 e. The van der Waals surface area contributed by atoms with Gasteiger partial charge < -0.3 is 14.2 Å². The molecule has 0 aliphatic rings. The SMILES string of the molecule is CCCCOCCOCCOC[O]. The number of rotatable bonds is 10. The Morgan fingerprint density at radius 1 is 0.846 bits per heavy atom. The van der Waals surface area contributed by atoms with Gasteiger partial charge in [0, 0.05) is 6.61 Å². The van der Waals surface area contributed by atoms with Crippen LogP contribution in [0, 0.1) is 0 Å². The zero-order valence-electron chi connectivity index (χ0n) is 8.29. The highest BCUT2D eigenvalue weighted by Crippen LogP contribution is 1.87. The molecule has 13 heavy (non-hydrogen) atoms. The molecule has 79 valence electrons. The van der Waals surface area contributed by atoms with Crippen LogP contribution in [0.1, 0.15) is 19.8 Å². The summed E-state index contributed by atoms with van der Waals surface area (Å²) in [5.74, 6) is 0. The summed E-state index contributed by atoms with van der Waals surface area (Å²) in [5, 5.41) is 9.83. The van der Waals surface area contributed by atoms with Gasteiger partial charge in [0.15, 0.2) is 6.79 Å². The Morgan fingerprint density at radius 3 is 1.92 bits per heavy atom. The van der Waals surface area contributed by atoms with Crippen LogP contribution in [0.4, 0.5) is 0 Å². The van der Waals surface area contributed by atoms with E-state index in [9.17, 15) is 5.11 Å². The van der Waals surface area contributed by atoms with Crippen molar-refractivity contribution in [1.82, 2.24) is 0 Å². The molecule has 0 unspecified atom stereocenters. The monoisotopic (exact) mass is 191 g/mol. The molecule has 0 aromatic carbocycles. The fraction of sp³-hybridized carbons (Fsp3) is 1.00. The first kappa shape index (κ1) is 12.8. The Kier molecular flexibility index (Phi) is 11.7. The molecule has 0 aliphatic heterocycles. The molecule has 0 heterocycles. The highest BCUT2D eigenvalue weighted by Gasteiger charge is 1.90. The first-order chi connectivity index (χ1) is 6.41. The third-order valence-electron chi connectivity index (χ3n) is 1.47. The van der Waals surface area contributed by atoms with Crippen molar-refractivity contribution >= 4 is 0 Å². The predicted molar refractivity (Wildman–Crippen MR) is 48.1 cm³/mol. The first-order valence-corrected chi connectivity index (χ1v) is 4.73. The molecule has 4 nitrogen and oxygen atoms in total. The molecule has 0 rings (SSSR count). The van der Waals surface area contributed by atoms with Gasteiger partial charge in [-0.25, -0.2) is 5.11 Å². The van der Waals surface area contributed by atoms with Crippen molar-refractivity contribution in [3.63, 3.8) is 0 Å². The Morgan fingerprint density at radius 2 is 1.38 bits per heavy atom. The molecule has 0 fully saturated rings. The van der Waals surface area contributed by atoms with Gasteiger partial charge in [0.2, 0.25) is 0 Å². The molecule has 0 N–H and O–H groups in total. The quantitative estimate of drug-likeness (QED) is 0.385. The van der Waals surface area contributed by atoms with Crippen LogP contribution in [0.5, 0.6) is 0 Å². The summed E-state index contributed by atoms with van der Waals surface area (Å²) in [7, 11) is 0. The maximum atomic E-state index is 9.83. The maximum Gasteiger partial charge on any atom is 0.180 e. The Labute approximate surface area is 79.8 Å². The van der Waals surface area contributed by atoms with Gasteiger partial charge in [-0.1, -0.05) is 13.3 Å². The predicted octanol–water partition coefficient (Wildman–Crippen LogP) is 1.22. The van der Waals surface area contributed by atoms with E-state index in [4.69, 9.17) is 9.47 Å². The lowest BCUT2D eigenvalue weighted by Gasteiger charge is -2.04. The molecule has 1 radical (unpaired) electrons. The van der Waals surface area contributed by atoms with Gasteiger partial charge in [-0.15, -0.1) is 0 Å². The van der Waals surface area contributed by atoms with Crippen LogP contribution in [0.15, 0.2) is 0 Å². The molecule has 0 aliphatic carbocycles. The minimum Gasteiger partial charge on any atom is -0.379 e. The molecule has 0 saturated carbocycles. The Balaban J connectivity index is 2.76. The van der Waals surface area contributed by atoms with Gasteiger partial charge in [0.1, 0.15) is 0 Å². The lowest BCUT2D eigenvalue weighted by atomic mass is 10.4. The number of hydrogen-bond donors (Lipinski definition) is 0. The van der Waals surface area contributed by atoms with Crippen molar-refractivity contribution in [2.24, 2.45) is 0 Å². The summed E-state index contributed by atoms with van der Waals surface area (Å²) in [6.45, 7) is 4.48. The van der Waals surface area contributed by atoms with Crippen LogP contribution < -0.4 is 0 Å². The molecular weight excluding hydrogens is 172 g/mol. The summed E-state index contributed by atoms with van der Waals surface area (Å²) in [4.78, 5) is 0. The number of ether oxygens (including phenoxy) is 3. The molecule has 0 amide bonds. The van der Waals surface area contributed by atoms with Crippen molar-refractivity contribution in [3.8, 4) is 0 Å². The number of unbranched alkanes of at least 4 members (excludes halogenated alkanes) is 1. The summed E-state index contributed by atoms with van der Waals surface area (Å²) >= 11 is 0. The van der Waals surface area contributed by atoms with Crippen LogP contribution in [-0.2, 0) is 19.3 Å². The van der Waals surface area contributed by atoms with Crippen LogP contribution >= 0.6 is 0 Å². The fourth-order valence-electron chi connectivity index (χ4n) is 0.745. The first-order valence-electron chi connectivity index (χ1n) is 4.73. The molecular formula is C9H19O4. The van der Waals surface area contributed by atoms with Gasteiger partial charge in [-0.3, -0.25) is 0 Å². The van der Waals surface area contributed by atoms with E-state index in [0.29, 0.717) is 26.4 Å². The van der Waals surface area contributed by atoms with E-state index in [1.807, 2.05) is 0 Å². The van der Waals surface area contributed by atoms with Crippen LogP contribution in [0.2, 0.25) is 0 Å². The minimum atomic E-state index is -0.490. The molecule has 0 aromatic heterocycles. The highest BCUT2D eigenvalue weighted by molar-refractivity contribution is 4.34. The third kappa shape index (κ3) is 11.8. The second kappa shape index (κ2) is 11.8. The lowest BCUT2D eigenvalue weighted by molar-refractivity contribution is -0.0657. The largest absolute Gasteiger partial charge is 0.379 e. The lowest BCUT2D eigenvalue weighted by Crippen LogP contribution is -2.09. The standard InChI is InChI=1S/C9H19O4/c1-2-3-4-11-5-6-12-7-8-13-9-10/h2-9H2,1H3. The van der Waals surface area contributed by atoms with Crippen molar-refractivity contribution in [2.45, 2.75) is 19.8 Å². The topological polar surface area (TPSA) is 47.6 Å². The molecule has 0 aromatic rings. The molecule has 0 atom stereocenters. The summed E-state index contributed by atoms with van der Waals surface area (Å²) < 4.78 is 14.9. The zero-order chi connectivity index (χ0) is 9.78. The molecule has 0 bridgehead atoms. The summed E-state index contributed by atoms with van der Waals surface area (Å²) in [5.41, 5.74) is 0. The average molecular weight is 191 g/mol. The molecule has 0 saturated heterocycles. The van der Waals surface area contributed by atoms with Crippen molar-refractivity contribution in [1.29, 1.82) is 0 Å². The molecule has 0 spiro atoms. The van der Waals surface area contributed by atoms with E-state index in [0.717, 1.165) is 19.4 Å². The van der Waals surface area contributed by atoms with Crippen LogP contribution in [0.3, 0.4) is 0 Å². The van der Waals surface area contributed by atoms with Gasteiger partial charge >= 0.3 is 0 Å². The fourth-order valence-corrected chi connectivity index (χ4v) is 0.745. The van der Waals surface area contributed by atoms with Crippen molar-refractivity contribution < 1.29 is 19.3 Å². The second-order valence-corrected chi connectivity index (χ2v) is 2.60. The van der Waals surface area contributed by atoms with Gasteiger partial charge in [0.05, 0.1) is 26.4 Å². The second-order valence-electron chi connectivity index (χ2n) is 2.60. The minimum absolute atomic E-state index is 0.373. The van der Waals surface area contributed by atoms with E-state index in [2.05, 4.69) is 11.7 Å². The van der Waals surface area contributed by atoms with Crippen LogP contribution in [-0.4, -0.2) is 39.8 Å². The van der Waals surface area contributed by atoms with E-state index in [1.165, 1.54) is 0 Å².